The second-order valence-corrected chi connectivity index (χ2v) is 8.31. The minimum atomic E-state index is 0.230. The molecule has 6 rings (SSSR count). The standard InChI is InChI=1S/C20H20Cl2N2O2/c1-10-16-7-12(8-17(10)23-16)25-9-13-19(24-26-20(13)11-5-6-11)18-14(21)3-2-4-15(18)22/h2-4,11-12,16-17,23H,1,5-9H2/t12?,16-,17?/m0/s1. The molecular formula is C20H20Cl2N2O2. The van der Waals surface area contributed by atoms with E-state index in [1.165, 1.54) is 5.57 Å². The van der Waals surface area contributed by atoms with Crippen LogP contribution in [0.2, 0.25) is 10.0 Å². The maximum atomic E-state index is 6.41. The van der Waals surface area contributed by atoms with Gasteiger partial charge in [-0.05, 0) is 43.4 Å². The molecule has 6 heteroatoms. The van der Waals surface area contributed by atoms with E-state index in [0.29, 0.717) is 40.3 Å². The fourth-order valence-corrected chi connectivity index (χ4v) is 4.63. The number of nitrogens with one attached hydrogen (secondary N) is 1. The molecule has 1 aromatic carbocycles. The summed E-state index contributed by atoms with van der Waals surface area (Å²) in [6.45, 7) is 4.61. The molecule has 0 spiro atoms. The normalized spacial score (nSPS) is 27.5. The maximum Gasteiger partial charge on any atom is 0.145 e. The van der Waals surface area contributed by atoms with E-state index < -0.39 is 0 Å². The van der Waals surface area contributed by atoms with E-state index in [4.69, 9.17) is 32.5 Å². The van der Waals surface area contributed by atoms with E-state index >= 15 is 0 Å². The molecule has 136 valence electrons. The van der Waals surface area contributed by atoms with Gasteiger partial charge in [-0.2, -0.15) is 0 Å². The van der Waals surface area contributed by atoms with E-state index in [0.717, 1.165) is 42.6 Å². The molecule has 3 heterocycles. The summed E-state index contributed by atoms with van der Waals surface area (Å²) < 4.78 is 12.0. The minimum Gasteiger partial charge on any atom is -0.373 e. The number of halogens is 2. The average Bonchev–Trinajstić information content (AvgIpc) is 3.40. The van der Waals surface area contributed by atoms with Gasteiger partial charge >= 0.3 is 0 Å². The van der Waals surface area contributed by atoms with Gasteiger partial charge in [0.25, 0.3) is 0 Å². The highest BCUT2D eigenvalue weighted by Gasteiger charge is 2.42. The van der Waals surface area contributed by atoms with Crippen molar-refractivity contribution in [3.05, 3.63) is 51.7 Å². The molecule has 2 aliphatic heterocycles. The van der Waals surface area contributed by atoms with Gasteiger partial charge in [0.15, 0.2) is 0 Å². The summed E-state index contributed by atoms with van der Waals surface area (Å²) in [6, 6.07) is 6.29. The molecule has 0 amide bonds. The molecule has 2 unspecified atom stereocenters. The van der Waals surface area contributed by atoms with Crippen molar-refractivity contribution >= 4 is 23.2 Å². The van der Waals surface area contributed by atoms with Crippen molar-refractivity contribution in [2.75, 3.05) is 0 Å². The van der Waals surface area contributed by atoms with Crippen LogP contribution in [0.15, 0.2) is 34.9 Å². The summed E-state index contributed by atoms with van der Waals surface area (Å²) in [6.07, 6.45) is 4.45. The Morgan fingerprint density at radius 2 is 1.88 bits per heavy atom. The third-order valence-electron chi connectivity index (χ3n) is 5.72. The van der Waals surface area contributed by atoms with E-state index in [1.807, 2.05) is 18.2 Å². The van der Waals surface area contributed by atoms with Crippen molar-refractivity contribution in [2.24, 2.45) is 0 Å². The molecule has 4 fully saturated rings. The van der Waals surface area contributed by atoms with Crippen molar-refractivity contribution in [1.82, 2.24) is 10.5 Å². The molecule has 4 aliphatic rings. The monoisotopic (exact) mass is 390 g/mol. The number of rotatable bonds is 5. The van der Waals surface area contributed by atoms with Gasteiger partial charge in [-0.3, -0.25) is 0 Å². The van der Waals surface area contributed by atoms with Gasteiger partial charge in [0.2, 0.25) is 0 Å². The Balaban J connectivity index is 1.42. The summed E-state index contributed by atoms with van der Waals surface area (Å²) in [5.41, 5.74) is 3.75. The second kappa shape index (κ2) is 6.38. The molecule has 1 aromatic heterocycles. The van der Waals surface area contributed by atoms with Crippen LogP contribution < -0.4 is 5.32 Å². The van der Waals surface area contributed by atoms with E-state index in [-0.39, 0.29) is 6.10 Å². The molecule has 1 N–H and O–H groups in total. The van der Waals surface area contributed by atoms with Crippen molar-refractivity contribution in [3.63, 3.8) is 0 Å². The zero-order valence-electron chi connectivity index (χ0n) is 14.3. The van der Waals surface area contributed by atoms with Gasteiger partial charge in [0.1, 0.15) is 11.5 Å². The second-order valence-electron chi connectivity index (χ2n) is 7.50. The van der Waals surface area contributed by atoms with Crippen molar-refractivity contribution in [2.45, 2.75) is 56.4 Å². The van der Waals surface area contributed by atoms with Crippen LogP contribution in [0.3, 0.4) is 0 Å². The van der Waals surface area contributed by atoms with Crippen molar-refractivity contribution in [1.29, 1.82) is 0 Å². The Morgan fingerprint density at radius 1 is 1.19 bits per heavy atom. The molecule has 2 aliphatic carbocycles. The SMILES string of the molecule is C=C1C2CC(OCc3c(-c4c(Cl)cccc4Cl)noc3C3CC3)C[C@@H]1N2. The molecule has 26 heavy (non-hydrogen) atoms. The first kappa shape index (κ1) is 16.8. The number of hydrogen-bond donors (Lipinski definition) is 1. The number of benzene rings is 1. The Bertz CT molecular complexity index is 840. The lowest BCUT2D eigenvalue weighted by atomic mass is 9.77. The largest absolute Gasteiger partial charge is 0.373 e. The van der Waals surface area contributed by atoms with Crippen LogP contribution in [0, 0.1) is 0 Å². The number of aromatic nitrogens is 1. The van der Waals surface area contributed by atoms with Gasteiger partial charge < -0.3 is 14.6 Å². The number of piperidine rings is 1. The van der Waals surface area contributed by atoms with Crippen LogP contribution in [-0.4, -0.2) is 23.3 Å². The van der Waals surface area contributed by atoms with Crippen LogP contribution in [0.4, 0.5) is 0 Å². The van der Waals surface area contributed by atoms with Gasteiger partial charge in [-0.1, -0.05) is 41.0 Å². The molecular weight excluding hydrogens is 371 g/mol. The molecule has 2 bridgehead atoms. The summed E-state index contributed by atoms with van der Waals surface area (Å²) in [4.78, 5) is 0. The molecule has 0 radical (unpaired) electrons. The van der Waals surface area contributed by atoms with E-state index in [1.54, 1.807) is 0 Å². The third-order valence-corrected chi connectivity index (χ3v) is 6.35. The number of hydrogen-bond acceptors (Lipinski definition) is 4. The summed E-state index contributed by atoms with van der Waals surface area (Å²) in [7, 11) is 0. The van der Waals surface area contributed by atoms with Crippen LogP contribution in [0.25, 0.3) is 11.3 Å². The highest BCUT2D eigenvalue weighted by Crippen LogP contribution is 2.46. The molecule has 2 saturated carbocycles. The van der Waals surface area contributed by atoms with Crippen LogP contribution in [-0.2, 0) is 11.3 Å². The fourth-order valence-electron chi connectivity index (χ4n) is 4.05. The number of ether oxygens (including phenoxy) is 1. The van der Waals surface area contributed by atoms with Crippen molar-refractivity contribution < 1.29 is 9.26 Å². The van der Waals surface area contributed by atoms with E-state index in [2.05, 4.69) is 17.1 Å². The minimum absolute atomic E-state index is 0.230. The molecule has 4 nitrogen and oxygen atoms in total. The van der Waals surface area contributed by atoms with Gasteiger partial charge in [-0.25, -0.2) is 0 Å². The van der Waals surface area contributed by atoms with Gasteiger partial charge in [-0.15, -0.1) is 0 Å². The Kier molecular flexibility index (Phi) is 4.13. The number of fused-ring (bicyclic) bond motifs is 2. The Morgan fingerprint density at radius 3 is 2.50 bits per heavy atom. The molecule has 3 atom stereocenters. The smallest absolute Gasteiger partial charge is 0.145 e. The predicted octanol–water partition coefficient (Wildman–Crippen LogP) is 5.10. The summed E-state index contributed by atoms with van der Waals surface area (Å²) in [5.74, 6) is 1.37. The van der Waals surface area contributed by atoms with Crippen molar-refractivity contribution in [3.8, 4) is 11.3 Å². The first-order chi connectivity index (χ1) is 12.6. The quantitative estimate of drug-likeness (QED) is 0.721. The highest BCUT2D eigenvalue weighted by atomic mass is 35.5. The maximum absolute atomic E-state index is 6.41. The van der Waals surface area contributed by atoms with Crippen LogP contribution in [0.5, 0.6) is 0 Å². The Labute approximate surface area is 162 Å². The van der Waals surface area contributed by atoms with Gasteiger partial charge in [0, 0.05) is 29.1 Å². The Hall–Kier alpha value is -1.33. The van der Waals surface area contributed by atoms with Crippen LogP contribution >= 0.6 is 23.2 Å². The fraction of sp³-hybridized carbons (Fsp3) is 0.450. The molecule has 2 saturated heterocycles. The highest BCUT2D eigenvalue weighted by molar-refractivity contribution is 6.39. The first-order valence-electron chi connectivity index (χ1n) is 9.11. The number of nitrogens with zero attached hydrogens (tertiary/aromatic N) is 1. The van der Waals surface area contributed by atoms with Gasteiger partial charge in [0.05, 0.1) is 22.8 Å². The van der Waals surface area contributed by atoms with Crippen LogP contribution in [0.1, 0.15) is 42.9 Å². The topological polar surface area (TPSA) is 47.3 Å². The lowest BCUT2D eigenvalue weighted by molar-refractivity contribution is -0.0108. The lowest BCUT2D eigenvalue weighted by Gasteiger charge is -2.48. The summed E-state index contributed by atoms with van der Waals surface area (Å²) in [5, 5.41) is 8.97. The molecule has 2 aromatic rings. The predicted molar refractivity (Wildman–Crippen MR) is 102 cm³/mol. The first-order valence-corrected chi connectivity index (χ1v) is 9.86. The zero-order chi connectivity index (χ0) is 17.8. The third kappa shape index (κ3) is 2.80. The zero-order valence-corrected chi connectivity index (χ0v) is 15.8. The summed E-state index contributed by atoms with van der Waals surface area (Å²) >= 11 is 12.8. The lowest BCUT2D eigenvalue weighted by Crippen LogP contribution is -2.61. The average molecular weight is 391 g/mol. The van der Waals surface area contributed by atoms with E-state index in [9.17, 15) is 0 Å².